The van der Waals surface area contributed by atoms with E-state index in [1.165, 1.54) is 27.4 Å². The summed E-state index contributed by atoms with van der Waals surface area (Å²) >= 11 is 0. The molecule has 0 aliphatic carbocycles. The molecule has 0 aliphatic heterocycles. The summed E-state index contributed by atoms with van der Waals surface area (Å²) in [7, 11) is 0. The van der Waals surface area contributed by atoms with Gasteiger partial charge < -0.3 is 4.57 Å². The normalized spacial score (nSPS) is 11.1. The maximum Gasteiger partial charge on any atom is 0.194 e. The summed E-state index contributed by atoms with van der Waals surface area (Å²) in [6.07, 6.45) is 0. The summed E-state index contributed by atoms with van der Waals surface area (Å²) < 4.78 is 2.36. The Balaban J connectivity index is 1.77. The predicted octanol–water partition coefficient (Wildman–Crippen LogP) is 8.98. The molecule has 2 heteroatoms. The minimum Gasteiger partial charge on any atom is -0.309 e. The van der Waals surface area contributed by atoms with Crippen LogP contribution in [0.5, 0.6) is 0 Å². The molecule has 160 valence electrons. The minimum absolute atomic E-state index is 0.662. The molecule has 0 N–H and O–H groups in total. The topological polar surface area (TPSA) is 9.29 Å². The number of nitrogens with zero attached hydrogens (tertiary/aromatic N) is 2. The molecule has 6 rings (SSSR count). The molecule has 0 saturated heterocycles. The summed E-state index contributed by atoms with van der Waals surface area (Å²) in [5.41, 5.74) is 9.63. The molecule has 0 spiro atoms. The Labute approximate surface area is 199 Å². The van der Waals surface area contributed by atoms with Gasteiger partial charge in [0, 0.05) is 16.3 Å². The van der Waals surface area contributed by atoms with Gasteiger partial charge in [0.1, 0.15) is 0 Å². The zero-order valence-electron chi connectivity index (χ0n) is 18.9. The Morgan fingerprint density at radius 3 is 1.85 bits per heavy atom. The first-order chi connectivity index (χ1) is 16.8. The van der Waals surface area contributed by atoms with Crippen LogP contribution in [-0.2, 0) is 0 Å². The van der Waals surface area contributed by atoms with E-state index in [1.807, 2.05) is 18.2 Å². The molecule has 0 unspecified atom stereocenters. The van der Waals surface area contributed by atoms with Gasteiger partial charge in [-0.2, -0.15) is 0 Å². The third kappa shape index (κ3) is 3.10. The van der Waals surface area contributed by atoms with E-state index < -0.39 is 0 Å². The van der Waals surface area contributed by atoms with Crippen molar-refractivity contribution in [3.63, 3.8) is 0 Å². The van der Waals surface area contributed by atoms with Gasteiger partial charge in [-0.3, -0.25) is 0 Å². The molecule has 0 aliphatic rings. The minimum atomic E-state index is 0.662. The molecule has 0 radical (unpaired) electrons. The van der Waals surface area contributed by atoms with Crippen LogP contribution in [-0.4, -0.2) is 4.57 Å². The van der Waals surface area contributed by atoms with Crippen molar-refractivity contribution in [2.45, 2.75) is 6.92 Å². The maximum absolute atomic E-state index is 7.77. The van der Waals surface area contributed by atoms with Gasteiger partial charge in [0.25, 0.3) is 0 Å². The summed E-state index contributed by atoms with van der Waals surface area (Å²) in [6, 6.07) is 40.2. The van der Waals surface area contributed by atoms with Crippen LogP contribution < -0.4 is 0 Å². The van der Waals surface area contributed by atoms with E-state index in [0.717, 1.165) is 27.9 Å². The Hall–Kier alpha value is -4.61. The molecular weight excluding hydrogens is 412 g/mol. The van der Waals surface area contributed by atoms with Crippen LogP contribution in [0.3, 0.4) is 0 Å². The van der Waals surface area contributed by atoms with Gasteiger partial charge in [-0.15, -0.1) is 0 Å². The Kier molecular flexibility index (Phi) is 4.75. The summed E-state index contributed by atoms with van der Waals surface area (Å²) in [5.74, 6) is 0. The van der Waals surface area contributed by atoms with Crippen LogP contribution in [0.4, 0.5) is 5.69 Å². The average Bonchev–Trinajstić information content (AvgIpc) is 3.23. The smallest absolute Gasteiger partial charge is 0.194 e. The van der Waals surface area contributed by atoms with Crippen molar-refractivity contribution in [2.24, 2.45) is 0 Å². The maximum atomic E-state index is 7.77. The third-order valence-electron chi connectivity index (χ3n) is 6.52. The first-order valence-electron chi connectivity index (χ1n) is 11.4. The lowest BCUT2D eigenvalue weighted by Crippen LogP contribution is -1.99. The zero-order valence-corrected chi connectivity index (χ0v) is 18.9. The van der Waals surface area contributed by atoms with E-state index in [4.69, 9.17) is 6.57 Å². The molecule has 2 nitrogen and oxygen atoms in total. The number of para-hydroxylation sites is 3. The number of fused-ring (bicyclic) bond motifs is 3. The Morgan fingerprint density at radius 2 is 1.18 bits per heavy atom. The molecule has 0 fully saturated rings. The highest BCUT2D eigenvalue weighted by Crippen LogP contribution is 2.43. The van der Waals surface area contributed by atoms with Gasteiger partial charge in [-0.05, 0) is 41.8 Å². The van der Waals surface area contributed by atoms with Gasteiger partial charge in [0.15, 0.2) is 5.69 Å². The summed E-state index contributed by atoms with van der Waals surface area (Å²) in [4.78, 5) is 3.83. The molecule has 1 heterocycles. The second kappa shape index (κ2) is 8.06. The van der Waals surface area contributed by atoms with E-state index in [2.05, 4.69) is 113 Å². The van der Waals surface area contributed by atoms with E-state index in [9.17, 15) is 0 Å². The monoisotopic (exact) mass is 434 g/mol. The number of hydrogen-bond donors (Lipinski definition) is 0. The molecule has 0 saturated carbocycles. The number of hydrogen-bond acceptors (Lipinski definition) is 0. The quantitative estimate of drug-likeness (QED) is 0.246. The Bertz CT molecular complexity index is 1660. The second-order valence-corrected chi connectivity index (χ2v) is 8.56. The molecular formula is C32H22N2. The molecule has 5 aromatic carbocycles. The van der Waals surface area contributed by atoms with E-state index >= 15 is 0 Å². The molecule has 1 aromatic heterocycles. The molecule has 0 atom stereocenters. The summed E-state index contributed by atoms with van der Waals surface area (Å²) in [6.45, 7) is 9.87. The van der Waals surface area contributed by atoms with Gasteiger partial charge in [-0.25, -0.2) is 4.85 Å². The van der Waals surface area contributed by atoms with Crippen LogP contribution >= 0.6 is 0 Å². The fourth-order valence-corrected chi connectivity index (χ4v) is 4.96. The molecule has 0 amide bonds. The lowest BCUT2D eigenvalue weighted by Gasteiger charge is -2.19. The molecule has 0 bridgehead atoms. The van der Waals surface area contributed by atoms with Crippen LogP contribution in [0.2, 0.25) is 0 Å². The van der Waals surface area contributed by atoms with E-state index in [0.29, 0.717) is 5.69 Å². The zero-order chi connectivity index (χ0) is 23.1. The van der Waals surface area contributed by atoms with Gasteiger partial charge in [-0.1, -0.05) is 103 Å². The van der Waals surface area contributed by atoms with Crippen molar-refractivity contribution >= 4 is 27.5 Å². The van der Waals surface area contributed by atoms with Crippen molar-refractivity contribution in [1.82, 2.24) is 4.57 Å². The standard InChI is InChI=1S/C32H22N2/c1-22-18-20-23(21-19-22)32-27(24-10-3-6-14-28(24)33-2)13-9-17-31(32)34-29-15-7-4-11-25(29)26-12-5-8-16-30(26)34/h3-21H,1H3. The highest BCUT2D eigenvalue weighted by atomic mass is 15.0. The van der Waals surface area contributed by atoms with Crippen molar-refractivity contribution in [3.8, 4) is 27.9 Å². The SMILES string of the molecule is [C-]#[N+]c1ccccc1-c1cccc(-n2c3ccccc3c3ccccc32)c1-c1ccc(C)cc1. The Morgan fingerprint density at radius 1 is 0.588 bits per heavy atom. The van der Waals surface area contributed by atoms with Crippen molar-refractivity contribution in [1.29, 1.82) is 0 Å². The fourth-order valence-electron chi connectivity index (χ4n) is 4.96. The van der Waals surface area contributed by atoms with Gasteiger partial charge >= 0.3 is 0 Å². The average molecular weight is 435 g/mol. The van der Waals surface area contributed by atoms with Crippen LogP contribution in [0.1, 0.15) is 5.56 Å². The highest BCUT2D eigenvalue weighted by Gasteiger charge is 2.19. The van der Waals surface area contributed by atoms with Crippen molar-refractivity contribution in [2.75, 3.05) is 0 Å². The first kappa shape index (κ1) is 20.0. The van der Waals surface area contributed by atoms with Crippen molar-refractivity contribution < 1.29 is 0 Å². The van der Waals surface area contributed by atoms with Gasteiger partial charge in [0.2, 0.25) is 0 Å². The van der Waals surface area contributed by atoms with E-state index in [-0.39, 0.29) is 0 Å². The highest BCUT2D eigenvalue weighted by molar-refractivity contribution is 6.10. The van der Waals surface area contributed by atoms with Gasteiger partial charge in [0.05, 0.1) is 23.3 Å². The number of benzene rings is 5. The van der Waals surface area contributed by atoms with E-state index in [1.54, 1.807) is 0 Å². The third-order valence-corrected chi connectivity index (χ3v) is 6.52. The predicted molar refractivity (Wildman–Crippen MR) is 143 cm³/mol. The number of aromatic nitrogens is 1. The van der Waals surface area contributed by atoms with Crippen LogP contribution in [0.15, 0.2) is 115 Å². The van der Waals surface area contributed by atoms with Crippen LogP contribution in [0, 0.1) is 13.5 Å². The fraction of sp³-hybridized carbons (Fsp3) is 0.0312. The molecule has 6 aromatic rings. The van der Waals surface area contributed by atoms with Crippen molar-refractivity contribution in [3.05, 3.63) is 132 Å². The lowest BCUT2D eigenvalue weighted by atomic mass is 9.91. The first-order valence-corrected chi connectivity index (χ1v) is 11.4. The summed E-state index contributed by atoms with van der Waals surface area (Å²) in [5, 5.41) is 2.47. The van der Waals surface area contributed by atoms with Crippen LogP contribution in [0.25, 0.3) is 54.6 Å². The second-order valence-electron chi connectivity index (χ2n) is 8.56. The largest absolute Gasteiger partial charge is 0.309 e. The molecule has 34 heavy (non-hydrogen) atoms. The number of aryl methyl sites for hydroxylation is 1. The number of rotatable bonds is 3. The lowest BCUT2D eigenvalue weighted by molar-refractivity contribution is 1.18.